The molecule has 0 saturated carbocycles. The lowest BCUT2D eigenvalue weighted by atomic mass is 9.96. The molecule has 1 N–H and O–H groups in total. The van der Waals surface area contributed by atoms with Gasteiger partial charge in [-0.15, -0.1) is 0 Å². The van der Waals surface area contributed by atoms with E-state index >= 15 is 0 Å². The smallest absolute Gasteiger partial charge is 0.262 e. The normalized spacial score (nSPS) is 14.6. The molecule has 4 aromatic carbocycles. The highest BCUT2D eigenvalue weighted by Crippen LogP contribution is 2.30. The number of hydrogen-bond donors (Lipinski definition) is 1. The summed E-state index contributed by atoms with van der Waals surface area (Å²) in [4.78, 5) is 14.9. The summed E-state index contributed by atoms with van der Waals surface area (Å²) in [6, 6.07) is 32.5. The summed E-state index contributed by atoms with van der Waals surface area (Å²) in [5.74, 6) is 0.268. The average molecular weight is 635 g/mol. The molecule has 0 aromatic heterocycles. The molecule has 1 heterocycles. The number of carbonyl (C=O) groups excluding carboxylic acids is 1. The fraction of sp³-hybridized carbons (Fsp3) is 0.219. The SMILES string of the molecule is Cc1cc(OCC(=O)Nc2ccc(S(=O)(=O)N3CCN(C(c4ccccc4)c4ccccc4)CC3)cc2)ccc1Br. The second-order valence-corrected chi connectivity index (χ2v) is 12.7. The Labute approximate surface area is 249 Å². The Kier molecular flexibility index (Phi) is 9.19. The van der Waals surface area contributed by atoms with Crippen LogP contribution >= 0.6 is 15.9 Å². The van der Waals surface area contributed by atoms with Crippen LogP contribution in [-0.4, -0.2) is 56.3 Å². The molecule has 5 rings (SSSR count). The molecule has 0 atom stereocenters. The molecule has 1 aliphatic heterocycles. The molecule has 212 valence electrons. The van der Waals surface area contributed by atoms with Crippen LogP contribution in [-0.2, 0) is 14.8 Å². The summed E-state index contributed by atoms with van der Waals surface area (Å²) in [6.45, 7) is 3.80. The lowest BCUT2D eigenvalue weighted by Gasteiger charge is -2.39. The van der Waals surface area contributed by atoms with Gasteiger partial charge in [-0.05, 0) is 66.1 Å². The minimum Gasteiger partial charge on any atom is -0.484 e. The third-order valence-electron chi connectivity index (χ3n) is 7.14. The highest BCUT2D eigenvalue weighted by molar-refractivity contribution is 9.10. The highest BCUT2D eigenvalue weighted by atomic mass is 79.9. The first-order valence-corrected chi connectivity index (χ1v) is 15.7. The number of nitrogens with zero attached hydrogens (tertiary/aromatic N) is 2. The Hall–Kier alpha value is -3.50. The summed E-state index contributed by atoms with van der Waals surface area (Å²) in [5.41, 5.74) is 3.88. The molecule has 1 saturated heterocycles. The Morgan fingerprint density at radius 1 is 0.854 bits per heavy atom. The van der Waals surface area contributed by atoms with Crippen molar-refractivity contribution >= 4 is 37.5 Å². The predicted octanol–water partition coefficient (Wildman–Crippen LogP) is 5.87. The van der Waals surface area contributed by atoms with Gasteiger partial charge in [-0.2, -0.15) is 4.31 Å². The number of aryl methyl sites for hydroxylation is 1. The first-order valence-electron chi connectivity index (χ1n) is 13.4. The zero-order chi connectivity index (χ0) is 28.8. The number of ether oxygens (including phenoxy) is 1. The summed E-state index contributed by atoms with van der Waals surface area (Å²) in [5, 5.41) is 2.76. The van der Waals surface area contributed by atoms with Gasteiger partial charge < -0.3 is 10.1 Å². The van der Waals surface area contributed by atoms with Gasteiger partial charge in [0.15, 0.2) is 6.61 Å². The molecule has 1 fully saturated rings. The van der Waals surface area contributed by atoms with E-state index in [1.807, 2.05) is 55.5 Å². The van der Waals surface area contributed by atoms with Gasteiger partial charge in [-0.3, -0.25) is 9.69 Å². The van der Waals surface area contributed by atoms with Crippen molar-refractivity contribution in [1.29, 1.82) is 0 Å². The Bertz CT molecular complexity index is 1540. The molecule has 0 aliphatic carbocycles. The standard InChI is InChI=1S/C32H32BrN3O4S/c1-24-22-28(14-17-30(24)33)40-23-31(37)34-27-12-15-29(16-13-27)41(38,39)36-20-18-35(19-21-36)32(25-8-4-2-5-9-25)26-10-6-3-7-11-26/h2-17,22,32H,18-21,23H2,1H3,(H,34,37). The van der Waals surface area contributed by atoms with Crippen molar-refractivity contribution in [3.63, 3.8) is 0 Å². The van der Waals surface area contributed by atoms with Crippen LogP contribution in [0.2, 0.25) is 0 Å². The van der Waals surface area contributed by atoms with Crippen LogP contribution in [0.3, 0.4) is 0 Å². The molecule has 0 radical (unpaired) electrons. The minimum atomic E-state index is -3.67. The van der Waals surface area contributed by atoms with Gasteiger partial charge in [0.25, 0.3) is 5.91 Å². The van der Waals surface area contributed by atoms with Gasteiger partial charge in [-0.1, -0.05) is 76.6 Å². The monoisotopic (exact) mass is 633 g/mol. The predicted molar refractivity (Wildman–Crippen MR) is 165 cm³/mol. The number of nitrogens with one attached hydrogen (secondary N) is 1. The zero-order valence-electron chi connectivity index (χ0n) is 22.7. The van der Waals surface area contributed by atoms with Gasteiger partial charge in [0.05, 0.1) is 10.9 Å². The number of anilines is 1. The van der Waals surface area contributed by atoms with E-state index in [1.165, 1.54) is 27.6 Å². The number of halogens is 1. The maximum Gasteiger partial charge on any atom is 0.262 e. The number of hydrogen-bond acceptors (Lipinski definition) is 5. The molecule has 1 aliphatic rings. The van der Waals surface area contributed by atoms with Crippen LogP contribution < -0.4 is 10.1 Å². The van der Waals surface area contributed by atoms with Gasteiger partial charge in [0.2, 0.25) is 10.0 Å². The van der Waals surface area contributed by atoms with Gasteiger partial charge in [0.1, 0.15) is 5.75 Å². The fourth-order valence-electron chi connectivity index (χ4n) is 5.00. The summed E-state index contributed by atoms with van der Waals surface area (Å²) in [6.07, 6.45) is 0. The molecule has 1 amide bonds. The van der Waals surface area contributed by atoms with Crippen molar-refractivity contribution in [3.05, 3.63) is 124 Å². The topological polar surface area (TPSA) is 78.9 Å². The maximum atomic E-state index is 13.4. The van der Waals surface area contributed by atoms with Gasteiger partial charge >= 0.3 is 0 Å². The lowest BCUT2D eigenvalue weighted by Crippen LogP contribution is -2.49. The second kappa shape index (κ2) is 13.0. The van der Waals surface area contributed by atoms with E-state index in [0.717, 1.165) is 10.0 Å². The number of rotatable bonds is 9. The van der Waals surface area contributed by atoms with E-state index in [9.17, 15) is 13.2 Å². The van der Waals surface area contributed by atoms with Crippen molar-refractivity contribution in [2.45, 2.75) is 17.9 Å². The van der Waals surface area contributed by atoms with Crippen LogP contribution in [0.1, 0.15) is 22.7 Å². The third-order valence-corrected chi connectivity index (χ3v) is 9.95. The number of benzene rings is 4. The van der Waals surface area contributed by atoms with E-state index in [1.54, 1.807) is 18.2 Å². The van der Waals surface area contributed by atoms with E-state index in [0.29, 0.717) is 37.6 Å². The molecule has 0 bridgehead atoms. The molecule has 41 heavy (non-hydrogen) atoms. The van der Waals surface area contributed by atoms with Crippen molar-refractivity contribution in [2.24, 2.45) is 0 Å². The average Bonchev–Trinajstić information content (AvgIpc) is 3.00. The van der Waals surface area contributed by atoms with Crippen LogP contribution in [0, 0.1) is 6.92 Å². The first kappa shape index (κ1) is 29.0. The Balaban J connectivity index is 1.19. The lowest BCUT2D eigenvalue weighted by molar-refractivity contribution is -0.118. The second-order valence-electron chi connectivity index (χ2n) is 9.94. The summed E-state index contributed by atoms with van der Waals surface area (Å²) in [7, 11) is -3.67. The number of amides is 1. The molecule has 7 nitrogen and oxygen atoms in total. The van der Waals surface area contributed by atoms with Crippen LogP contribution in [0.4, 0.5) is 5.69 Å². The van der Waals surface area contributed by atoms with E-state index in [-0.39, 0.29) is 23.5 Å². The maximum absolute atomic E-state index is 13.4. The number of piperazine rings is 1. The summed E-state index contributed by atoms with van der Waals surface area (Å²) >= 11 is 3.44. The largest absolute Gasteiger partial charge is 0.484 e. The van der Waals surface area contributed by atoms with Gasteiger partial charge in [-0.25, -0.2) is 8.42 Å². The van der Waals surface area contributed by atoms with Crippen molar-refractivity contribution in [1.82, 2.24) is 9.21 Å². The van der Waals surface area contributed by atoms with Crippen molar-refractivity contribution < 1.29 is 17.9 Å². The number of sulfonamides is 1. The van der Waals surface area contributed by atoms with Crippen LogP contribution in [0.25, 0.3) is 0 Å². The van der Waals surface area contributed by atoms with Gasteiger partial charge in [0, 0.05) is 36.3 Å². The van der Waals surface area contributed by atoms with E-state index in [4.69, 9.17) is 4.74 Å². The zero-order valence-corrected chi connectivity index (χ0v) is 25.1. The fourth-order valence-corrected chi connectivity index (χ4v) is 6.67. The number of carbonyl (C=O) groups is 1. The molecule has 4 aromatic rings. The highest BCUT2D eigenvalue weighted by Gasteiger charge is 2.32. The third kappa shape index (κ3) is 7.05. The van der Waals surface area contributed by atoms with Crippen molar-refractivity contribution in [2.75, 3.05) is 38.1 Å². The quantitative estimate of drug-likeness (QED) is 0.249. The molecule has 9 heteroatoms. The Morgan fingerprint density at radius 3 is 2.00 bits per heavy atom. The van der Waals surface area contributed by atoms with E-state index in [2.05, 4.69) is 50.4 Å². The van der Waals surface area contributed by atoms with Crippen LogP contribution in [0.15, 0.2) is 112 Å². The van der Waals surface area contributed by atoms with E-state index < -0.39 is 10.0 Å². The Morgan fingerprint density at radius 2 is 1.44 bits per heavy atom. The minimum absolute atomic E-state index is 0.0573. The van der Waals surface area contributed by atoms with Crippen LogP contribution in [0.5, 0.6) is 5.75 Å². The molecule has 0 unspecified atom stereocenters. The summed E-state index contributed by atoms with van der Waals surface area (Å²) < 4.78 is 35.0. The molecular weight excluding hydrogens is 602 g/mol. The first-order chi connectivity index (χ1) is 19.8. The van der Waals surface area contributed by atoms with Crippen molar-refractivity contribution in [3.8, 4) is 5.75 Å². The molecular formula is C32H32BrN3O4S. The molecule has 0 spiro atoms.